The average molecular weight is 684 g/mol. The van der Waals surface area contributed by atoms with E-state index >= 15 is 4.39 Å². The Hall–Kier alpha value is -4.37. The van der Waals surface area contributed by atoms with Crippen LogP contribution in [0.3, 0.4) is 0 Å². The van der Waals surface area contributed by atoms with E-state index in [1.54, 1.807) is 12.1 Å². The van der Waals surface area contributed by atoms with Gasteiger partial charge >= 0.3 is 6.01 Å². The molecular formula is C39H40F3N5O3. The van der Waals surface area contributed by atoms with Crippen LogP contribution in [0.1, 0.15) is 51.0 Å². The van der Waals surface area contributed by atoms with Gasteiger partial charge in [0.2, 0.25) is 0 Å². The highest BCUT2D eigenvalue weighted by Crippen LogP contribution is 2.43. The van der Waals surface area contributed by atoms with Crippen molar-refractivity contribution >= 4 is 27.5 Å². The van der Waals surface area contributed by atoms with Gasteiger partial charge in [0, 0.05) is 42.5 Å². The number of aromatic nitrogens is 2. The zero-order chi connectivity index (χ0) is 34.6. The summed E-state index contributed by atoms with van der Waals surface area (Å²) in [5, 5.41) is 15.6. The van der Waals surface area contributed by atoms with Crippen LogP contribution in [0.15, 0.2) is 48.3 Å². The SMILES string of the molecule is C#Cc1c(F)ccc2cc(O)cc(-c3ccc4c(N5CCN[C@@](CC)(COC6CC6)C5)nc(OCC56CCCN5C/C(=C\F)C6)nc4c3F)c12. The first-order chi connectivity index (χ1) is 24.2. The third-order valence-corrected chi connectivity index (χ3v) is 11.0. The Kier molecular flexibility index (Phi) is 8.37. The summed E-state index contributed by atoms with van der Waals surface area (Å²) in [6, 6.07) is 9.00. The van der Waals surface area contributed by atoms with Gasteiger partial charge in [-0.15, -0.1) is 6.42 Å². The van der Waals surface area contributed by atoms with Crippen LogP contribution >= 0.6 is 0 Å². The van der Waals surface area contributed by atoms with Gasteiger partial charge in [0.25, 0.3) is 0 Å². The number of nitrogens with zero attached hydrogens (tertiary/aromatic N) is 4. The summed E-state index contributed by atoms with van der Waals surface area (Å²) in [7, 11) is 0. The fourth-order valence-corrected chi connectivity index (χ4v) is 8.15. The fraction of sp³-hybridized carbons (Fsp3) is 0.436. The van der Waals surface area contributed by atoms with Crippen molar-refractivity contribution in [1.82, 2.24) is 20.2 Å². The number of phenolic OH excluding ortho intramolecular Hbond substituents is 1. The first-order valence-electron chi connectivity index (χ1n) is 17.5. The van der Waals surface area contributed by atoms with E-state index in [0.29, 0.717) is 73.6 Å². The fourth-order valence-electron chi connectivity index (χ4n) is 8.15. The third-order valence-electron chi connectivity index (χ3n) is 11.0. The molecule has 2 atom stereocenters. The van der Waals surface area contributed by atoms with E-state index < -0.39 is 11.6 Å². The lowest BCUT2D eigenvalue weighted by Gasteiger charge is -2.44. The molecule has 4 aromatic rings. The van der Waals surface area contributed by atoms with E-state index in [0.717, 1.165) is 44.2 Å². The molecule has 3 saturated heterocycles. The van der Waals surface area contributed by atoms with Crippen molar-refractivity contribution in [3.05, 3.63) is 65.5 Å². The minimum Gasteiger partial charge on any atom is -0.508 e. The second kappa shape index (κ2) is 12.7. The summed E-state index contributed by atoms with van der Waals surface area (Å²) in [4.78, 5) is 14.0. The Balaban J connectivity index is 1.25. The first-order valence-corrected chi connectivity index (χ1v) is 17.5. The molecule has 4 aliphatic rings. The van der Waals surface area contributed by atoms with Gasteiger partial charge in [0.05, 0.1) is 35.7 Å². The largest absolute Gasteiger partial charge is 0.508 e. The average Bonchev–Trinajstić information content (AvgIpc) is 3.78. The van der Waals surface area contributed by atoms with Gasteiger partial charge < -0.3 is 24.8 Å². The molecular weight excluding hydrogens is 643 g/mol. The summed E-state index contributed by atoms with van der Waals surface area (Å²) in [5.41, 5.74) is 0.393. The zero-order valence-electron chi connectivity index (χ0n) is 28.1. The number of nitrogens with one attached hydrogen (secondary N) is 1. The quantitative estimate of drug-likeness (QED) is 0.191. The number of phenols is 1. The van der Waals surface area contributed by atoms with Crippen LogP contribution in [-0.2, 0) is 4.74 Å². The molecule has 3 aromatic carbocycles. The lowest BCUT2D eigenvalue weighted by Crippen LogP contribution is -2.63. The van der Waals surface area contributed by atoms with Crippen molar-refractivity contribution in [2.45, 2.75) is 62.6 Å². The second-order valence-corrected chi connectivity index (χ2v) is 14.3. The van der Waals surface area contributed by atoms with Gasteiger partial charge in [-0.05, 0) is 85.9 Å². The Morgan fingerprint density at radius 2 is 1.98 bits per heavy atom. The van der Waals surface area contributed by atoms with Crippen molar-refractivity contribution in [3.8, 4) is 35.2 Å². The van der Waals surface area contributed by atoms with Gasteiger partial charge in [0.15, 0.2) is 5.82 Å². The predicted molar refractivity (Wildman–Crippen MR) is 187 cm³/mol. The minimum absolute atomic E-state index is 0.0202. The molecule has 4 heterocycles. The van der Waals surface area contributed by atoms with Gasteiger partial charge in [-0.1, -0.05) is 25.0 Å². The molecule has 1 saturated carbocycles. The first kappa shape index (κ1) is 32.8. The molecule has 1 unspecified atom stereocenters. The molecule has 2 N–H and O–H groups in total. The number of anilines is 1. The molecule has 0 amide bonds. The molecule has 4 fully saturated rings. The smallest absolute Gasteiger partial charge is 0.319 e. The topological polar surface area (TPSA) is 83.0 Å². The molecule has 0 bridgehead atoms. The van der Waals surface area contributed by atoms with E-state index in [9.17, 15) is 13.9 Å². The van der Waals surface area contributed by atoms with Crippen LogP contribution in [-0.4, -0.2) is 83.1 Å². The number of rotatable bonds is 9. The number of aromatic hydroxyl groups is 1. The highest BCUT2D eigenvalue weighted by atomic mass is 19.1. The lowest BCUT2D eigenvalue weighted by molar-refractivity contribution is 0.0521. The van der Waals surface area contributed by atoms with E-state index in [1.165, 1.54) is 24.3 Å². The molecule has 1 aromatic heterocycles. The van der Waals surface area contributed by atoms with Crippen molar-refractivity contribution in [2.75, 3.05) is 50.8 Å². The summed E-state index contributed by atoms with van der Waals surface area (Å²) in [5.74, 6) is 1.54. The number of terminal acetylenes is 1. The number of benzene rings is 3. The zero-order valence-corrected chi connectivity index (χ0v) is 28.1. The number of hydrogen-bond acceptors (Lipinski definition) is 8. The molecule has 0 spiro atoms. The van der Waals surface area contributed by atoms with Crippen molar-refractivity contribution in [3.63, 3.8) is 0 Å². The Labute approximate surface area is 289 Å². The molecule has 260 valence electrons. The highest BCUT2D eigenvalue weighted by molar-refractivity contribution is 6.04. The number of piperazine rings is 1. The van der Waals surface area contributed by atoms with Crippen LogP contribution in [0, 0.1) is 24.0 Å². The third kappa shape index (κ3) is 5.73. The van der Waals surface area contributed by atoms with Gasteiger partial charge in [0.1, 0.15) is 29.5 Å². The number of halogens is 3. The highest BCUT2D eigenvalue weighted by Gasteiger charge is 2.47. The van der Waals surface area contributed by atoms with Gasteiger partial charge in [-0.2, -0.15) is 9.97 Å². The summed E-state index contributed by atoms with van der Waals surface area (Å²) < 4.78 is 58.2. The summed E-state index contributed by atoms with van der Waals surface area (Å²) in [6.45, 7) is 6.19. The van der Waals surface area contributed by atoms with Crippen LogP contribution in [0.25, 0.3) is 32.8 Å². The van der Waals surface area contributed by atoms with Gasteiger partial charge in [-0.25, -0.2) is 13.2 Å². The summed E-state index contributed by atoms with van der Waals surface area (Å²) >= 11 is 0. The Bertz CT molecular complexity index is 2060. The molecule has 8 nitrogen and oxygen atoms in total. The monoisotopic (exact) mass is 683 g/mol. The Morgan fingerprint density at radius 3 is 2.76 bits per heavy atom. The maximum Gasteiger partial charge on any atom is 0.319 e. The van der Waals surface area contributed by atoms with Crippen LogP contribution in [0.2, 0.25) is 0 Å². The second-order valence-electron chi connectivity index (χ2n) is 14.3. The minimum atomic E-state index is -0.673. The van der Waals surface area contributed by atoms with Crippen LogP contribution in [0.5, 0.6) is 11.8 Å². The van der Waals surface area contributed by atoms with E-state index in [-0.39, 0.29) is 51.7 Å². The summed E-state index contributed by atoms with van der Waals surface area (Å²) in [6.07, 6.45) is 12.1. The number of ether oxygens (including phenoxy) is 2. The normalized spacial score (nSPS) is 24.7. The van der Waals surface area contributed by atoms with Crippen molar-refractivity contribution < 1.29 is 27.8 Å². The van der Waals surface area contributed by atoms with E-state index in [1.807, 2.05) is 0 Å². The number of fused-ring (bicyclic) bond motifs is 3. The van der Waals surface area contributed by atoms with Crippen molar-refractivity contribution in [1.29, 1.82) is 0 Å². The molecule has 0 radical (unpaired) electrons. The lowest BCUT2D eigenvalue weighted by atomic mass is 9.92. The molecule has 1 aliphatic carbocycles. The van der Waals surface area contributed by atoms with Gasteiger partial charge in [-0.3, -0.25) is 4.90 Å². The van der Waals surface area contributed by atoms with E-state index in [2.05, 4.69) is 32.9 Å². The van der Waals surface area contributed by atoms with Crippen LogP contribution in [0.4, 0.5) is 19.0 Å². The Morgan fingerprint density at radius 1 is 1.12 bits per heavy atom. The molecule has 50 heavy (non-hydrogen) atoms. The maximum atomic E-state index is 17.1. The predicted octanol–water partition coefficient (Wildman–Crippen LogP) is 6.62. The van der Waals surface area contributed by atoms with Crippen molar-refractivity contribution in [2.24, 2.45) is 0 Å². The van der Waals surface area contributed by atoms with E-state index in [4.69, 9.17) is 20.9 Å². The maximum absolute atomic E-state index is 17.1. The molecule has 11 heteroatoms. The molecule has 3 aliphatic heterocycles. The van der Waals surface area contributed by atoms with Crippen LogP contribution < -0.4 is 15.0 Å². The molecule has 8 rings (SSSR count). The number of hydrogen-bond donors (Lipinski definition) is 2. The standard InChI is InChI=1S/C39H40F3N5O3/c1-3-28-32(41)11-6-25-16-26(48)17-31(33(25)28)29-9-10-30-35(34(29)42)44-37(50-23-39-12-5-14-47(39)20-24(18-39)19-40)45-36(30)46-15-13-43-38(4-2,21-46)22-49-27-7-8-27/h1,6,9-11,16-17,19,27,43,48H,4-5,7-8,12-15,18,20-23H2,2H3/b24-19-/t38-,39?/m1/s1.